The Hall–Kier alpha value is -5.76. The zero-order chi connectivity index (χ0) is 35.0. The van der Waals surface area contributed by atoms with Crippen LogP contribution in [0.5, 0.6) is 0 Å². The zero-order valence-corrected chi connectivity index (χ0v) is 29.1. The quantitative estimate of drug-likeness (QED) is 0.158. The molecule has 0 saturated carbocycles. The normalized spacial score (nSPS) is 14.8. The van der Waals surface area contributed by atoms with Crippen LogP contribution in [-0.2, 0) is 9.31 Å². The lowest BCUT2D eigenvalue weighted by atomic mass is 9.77. The average Bonchev–Trinajstić information content (AvgIpc) is 3.41. The second-order valence-electron chi connectivity index (χ2n) is 13.9. The summed E-state index contributed by atoms with van der Waals surface area (Å²) in [4.78, 5) is 19.5. The molecule has 7 aromatic rings. The van der Waals surface area contributed by atoms with Crippen LogP contribution in [0.1, 0.15) is 27.7 Å². The molecule has 1 aliphatic rings. The fourth-order valence-corrected chi connectivity index (χ4v) is 6.25. The summed E-state index contributed by atoms with van der Waals surface area (Å²) in [6.07, 6.45) is 3.60. The first kappa shape index (κ1) is 32.4. The molecule has 1 fully saturated rings. The maximum Gasteiger partial charge on any atom is 0.494 e. The van der Waals surface area contributed by atoms with Gasteiger partial charge in [-0.05, 0) is 84.7 Å². The summed E-state index contributed by atoms with van der Waals surface area (Å²) in [5.41, 5.74) is 9.12. The van der Waals surface area contributed by atoms with Crippen LogP contribution in [0.25, 0.3) is 67.5 Å². The molecule has 0 N–H and O–H groups in total. The SMILES string of the molecule is CC1(C)OB(c2cc(-c3ccncc3)cc(-c3nc(-c4ccc(-c5ccccc5)cc4)nc(-c4ccc(-c5ccccc5)cc4)n3)c2)OC1(C)C. The average molecular weight is 665 g/mol. The number of hydrogen-bond donors (Lipinski definition) is 0. The molecule has 0 unspecified atom stereocenters. The number of hydrogen-bond acceptors (Lipinski definition) is 6. The van der Waals surface area contributed by atoms with Crippen LogP contribution < -0.4 is 5.46 Å². The van der Waals surface area contributed by atoms with Crippen LogP contribution in [-0.4, -0.2) is 38.3 Å². The molecule has 6 nitrogen and oxygen atoms in total. The van der Waals surface area contributed by atoms with Gasteiger partial charge in [0.1, 0.15) is 0 Å². The smallest absolute Gasteiger partial charge is 0.399 e. The summed E-state index contributed by atoms with van der Waals surface area (Å²) in [7, 11) is -0.563. The third-order valence-corrected chi connectivity index (χ3v) is 9.89. The minimum absolute atomic E-state index is 0.490. The minimum Gasteiger partial charge on any atom is -0.399 e. The lowest BCUT2D eigenvalue weighted by Crippen LogP contribution is -2.41. The van der Waals surface area contributed by atoms with Crippen molar-refractivity contribution in [2.75, 3.05) is 0 Å². The van der Waals surface area contributed by atoms with E-state index in [0.717, 1.165) is 55.5 Å². The monoisotopic (exact) mass is 664 g/mol. The van der Waals surface area contributed by atoms with Gasteiger partial charge in [-0.25, -0.2) is 15.0 Å². The first-order chi connectivity index (χ1) is 24.7. The van der Waals surface area contributed by atoms with Crippen molar-refractivity contribution in [2.45, 2.75) is 38.9 Å². The van der Waals surface area contributed by atoms with Crippen molar-refractivity contribution >= 4 is 12.6 Å². The maximum atomic E-state index is 6.53. The molecule has 51 heavy (non-hydrogen) atoms. The molecule has 0 spiro atoms. The first-order valence-electron chi connectivity index (χ1n) is 17.2. The van der Waals surface area contributed by atoms with Crippen molar-refractivity contribution in [1.82, 2.24) is 19.9 Å². The van der Waals surface area contributed by atoms with E-state index in [1.54, 1.807) is 12.4 Å². The van der Waals surface area contributed by atoms with E-state index in [1.807, 2.05) is 24.3 Å². The van der Waals surface area contributed by atoms with Crippen LogP contribution in [0, 0.1) is 0 Å². The third kappa shape index (κ3) is 6.62. The summed E-state index contributed by atoms with van der Waals surface area (Å²) in [5, 5.41) is 0. The van der Waals surface area contributed by atoms with Crippen LogP contribution in [0.2, 0.25) is 0 Å². The molecule has 5 aromatic carbocycles. The Morgan fingerprint density at radius 3 is 1.24 bits per heavy atom. The summed E-state index contributed by atoms with van der Waals surface area (Å²) < 4.78 is 13.1. The van der Waals surface area contributed by atoms with Crippen molar-refractivity contribution in [3.8, 4) is 67.5 Å². The van der Waals surface area contributed by atoms with Crippen LogP contribution in [0.15, 0.2) is 152 Å². The van der Waals surface area contributed by atoms with Crippen LogP contribution in [0.4, 0.5) is 0 Å². The largest absolute Gasteiger partial charge is 0.494 e. The molecule has 1 saturated heterocycles. The third-order valence-electron chi connectivity index (χ3n) is 9.89. The van der Waals surface area contributed by atoms with Crippen molar-refractivity contribution < 1.29 is 9.31 Å². The molecule has 248 valence electrons. The summed E-state index contributed by atoms with van der Waals surface area (Å²) in [6, 6.07) is 47.8. The van der Waals surface area contributed by atoms with Crippen LogP contribution >= 0.6 is 0 Å². The van der Waals surface area contributed by atoms with Crippen molar-refractivity contribution in [1.29, 1.82) is 0 Å². The van der Waals surface area contributed by atoms with Gasteiger partial charge in [0.05, 0.1) is 11.2 Å². The highest BCUT2D eigenvalue weighted by molar-refractivity contribution is 6.62. The number of nitrogens with zero attached hydrogens (tertiary/aromatic N) is 4. The van der Waals surface area contributed by atoms with Gasteiger partial charge in [-0.2, -0.15) is 0 Å². The zero-order valence-electron chi connectivity index (χ0n) is 29.1. The molecule has 0 bridgehead atoms. The van der Waals surface area contributed by atoms with Crippen LogP contribution in [0.3, 0.4) is 0 Å². The van der Waals surface area contributed by atoms with Gasteiger partial charge in [0.2, 0.25) is 0 Å². The van der Waals surface area contributed by atoms with Gasteiger partial charge in [-0.1, -0.05) is 121 Å². The Balaban J connectivity index is 1.27. The lowest BCUT2D eigenvalue weighted by molar-refractivity contribution is 0.00578. The number of rotatable bonds is 7. The van der Waals surface area contributed by atoms with Gasteiger partial charge in [0, 0.05) is 29.1 Å². The van der Waals surface area contributed by atoms with Gasteiger partial charge in [-0.3, -0.25) is 4.98 Å². The summed E-state index contributed by atoms with van der Waals surface area (Å²) in [5.74, 6) is 1.74. The highest BCUT2D eigenvalue weighted by Gasteiger charge is 2.51. The summed E-state index contributed by atoms with van der Waals surface area (Å²) >= 11 is 0. The van der Waals surface area contributed by atoms with Crippen molar-refractivity contribution in [2.24, 2.45) is 0 Å². The Kier molecular flexibility index (Phi) is 8.38. The van der Waals surface area contributed by atoms with Gasteiger partial charge >= 0.3 is 7.12 Å². The molecule has 8 rings (SSSR count). The number of benzene rings is 5. The Morgan fingerprint density at radius 1 is 0.392 bits per heavy atom. The van der Waals surface area contributed by atoms with Gasteiger partial charge in [0.25, 0.3) is 0 Å². The Morgan fingerprint density at radius 2 is 0.765 bits per heavy atom. The van der Waals surface area contributed by atoms with E-state index >= 15 is 0 Å². The standard InChI is InChI=1S/C44H37BN4O2/c1-43(2)44(3,4)51-45(50-43)39-28-37(34-23-25-46-26-24-34)27-38(29-39)42-48-40(35-19-15-32(16-20-35)30-11-7-5-8-12-30)47-41(49-42)36-21-17-33(18-22-36)31-13-9-6-10-14-31/h5-29H,1-4H3. The predicted octanol–water partition coefficient (Wildman–Crippen LogP) is 9.57. The number of pyridine rings is 1. The van der Waals surface area contributed by atoms with E-state index in [1.165, 1.54) is 0 Å². The van der Waals surface area contributed by atoms with E-state index in [-0.39, 0.29) is 0 Å². The van der Waals surface area contributed by atoms with E-state index < -0.39 is 18.3 Å². The fraction of sp³-hybridized carbons (Fsp3) is 0.136. The van der Waals surface area contributed by atoms with Crippen molar-refractivity contribution in [3.63, 3.8) is 0 Å². The number of aromatic nitrogens is 4. The highest BCUT2D eigenvalue weighted by atomic mass is 16.7. The van der Waals surface area contributed by atoms with Gasteiger partial charge in [0.15, 0.2) is 17.5 Å². The van der Waals surface area contributed by atoms with Crippen molar-refractivity contribution in [3.05, 3.63) is 152 Å². The molecular weight excluding hydrogens is 627 g/mol. The molecule has 0 radical (unpaired) electrons. The molecule has 7 heteroatoms. The molecular formula is C44H37BN4O2. The molecule has 1 aliphatic heterocycles. The van der Waals surface area contributed by atoms with E-state index in [9.17, 15) is 0 Å². The van der Waals surface area contributed by atoms with Gasteiger partial charge in [-0.15, -0.1) is 0 Å². The molecule has 0 aliphatic carbocycles. The molecule has 0 amide bonds. The van der Waals surface area contributed by atoms with Gasteiger partial charge < -0.3 is 9.31 Å². The second-order valence-corrected chi connectivity index (χ2v) is 13.9. The van der Waals surface area contributed by atoms with E-state index in [4.69, 9.17) is 24.3 Å². The molecule has 3 heterocycles. The van der Waals surface area contributed by atoms with E-state index in [0.29, 0.717) is 17.5 Å². The Bertz CT molecular complexity index is 2180. The first-order valence-corrected chi connectivity index (χ1v) is 17.2. The molecule has 0 atom stereocenters. The molecule has 2 aromatic heterocycles. The lowest BCUT2D eigenvalue weighted by Gasteiger charge is -2.32. The topological polar surface area (TPSA) is 70.0 Å². The highest BCUT2D eigenvalue weighted by Crippen LogP contribution is 2.37. The summed E-state index contributed by atoms with van der Waals surface area (Å²) in [6.45, 7) is 8.27. The Labute approximate surface area is 299 Å². The predicted molar refractivity (Wildman–Crippen MR) is 206 cm³/mol. The fourth-order valence-electron chi connectivity index (χ4n) is 6.25. The minimum atomic E-state index is -0.563. The second kappa shape index (κ2) is 13.2. The maximum absolute atomic E-state index is 6.53. The van der Waals surface area contributed by atoms with E-state index in [2.05, 4.69) is 148 Å².